The van der Waals surface area contributed by atoms with E-state index in [4.69, 9.17) is 9.47 Å². The van der Waals surface area contributed by atoms with Gasteiger partial charge >= 0.3 is 0 Å². The Kier molecular flexibility index (Phi) is 15.6. The van der Waals surface area contributed by atoms with E-state index < -0.39 is 0 Å². The first-order chi connectivity index (χ1) is 12.8. The average molecular weight is 429 g/mol. The van der Waals surface area contributed by atoms with E-state index in [2.05, 4.69) is 34.9 Å². The quantitative estimate of drug-likeness (QED) is 0.441. The maximum Gasteiger partial charge on any atom is 0.119 e. The molecular weight excluding hydrogens is 395 g/mol. The highest BCUT2D eigenvalue weighted by molar-refractivity contribution is 5.85. The van der Waals surface area contributed by atoms with Crippen molar-refractivity contribution in [2.75, 3.05) is 27.3 Å². The molecule has 0 radical (unpaired) electrons. The summed E-state index contributed by atoms with van der Waals surface area (Å²) in [5, 5.41) is 7.01. The molecule has 2 rings (SSSR count). The van der Waals surface area contributed by atoms with Gasteiger partial charge in [0.15, 0.2) is 0 Å². The Balaban J connectivity index is 0.00000364. The summed E-state index contributed by atoms with van der Waals surface area (Å²) in [4.78, 5) is 0. The minimum Gasteiger partial charge on any atom is -0.497 e. The zero-order valence-electron chi connectivity index (χ0n) is 16.9. The van der Waals surface area contributed by atoms with Gasteiger partial charge in [0.05, 0.1) is 14.2 Å². The van der Waals surface area contributed by atoms with Crippen molar-refractivity contribution >= 4 is 24.8 Å². The monoisotopic (exact) mass is 428 g/mol. The lowest BCUT2D eigenvalue weighted by Crippen LogP contribution is -2.16. The van der Waals surface area contributed by atoms with Crippen LogP contribution in [0.3, 0.4) is 0 Å². The van der Waals surface area contributed by atoms with Gasteiger partial charge in [-0.05, 0) is 61.3 Å². The minimum atomic E-state index is 0. The van der Waals surface area contributed by atoms with Crippen molar-refractivity contribution in [1.82, 2.24) is 10.6 Å². The van der Waals surface area contributed by atoms with E-state index in [0.717, 1.165) is 37.7 Å². The highest BCUT2D eigenvalue weighted by Gasteiger charge is 1.97. The van der Waals surface area contributed by atoms with Gasteiger partial charge in [0.25, 0.3) is 0 Å². The van der Waals surface area contributed by atoms with Crippen LogP contribution in [-0.2, 0) is 13.1 Å². The van der Waals surface area contributed by atoms with Crippen molar-refractivity contribution in [3.8, 4) is 11.5 Å². The number of methoxy groups -OCH3 is 2. The Hall–Kier alpha value is -1.46. The predicted molar refractivity (Wildman–Crippen MR) is 122 cm³/mol. The first-order valence-electron chi connectivity index (χ1n) is 9.49. The van der Waals surface area contributed by atoms with Crippen molar-refractivity contribution in [3.05, 3.63) is 59.7 Å². The Morgan fingerprint density at radius 3 is 1.46 bits per heavy atom. The lowest BCUT2D eigenvalue weighted by Gasteiger charge is -2.08. The molecule has 4 nitrogen and oxygen atoms in total. The van der Waals surface area contributed by atoms with Crippen molar-refractivity contribution < 1.29 is 9.47 Å². The molecule has 2 N–H and O–H groups in total. The zero-order chi connectivity index (χ0) is 18.5. The number of hydrogen-bond acceptors (Lipinski definition) is 4. The zero-order valence-corrected chi connectivity index (χ0v) is 18.5. The van der Waals surface area contributed by atoms with E-state index >= 15 is 0 Å². The van der Waals surface area contributed by atoms with Crippen LogP contribution in [0.5, 0.6) is 11.5 Å². The fourth-order valence-electron chi connectivity index (χ4n) is 2.88. The standard InChI is InChI=1S/C22H32N2O2.2ClH/c1-25-21-11-7-9-19(15-21)17-23-13-5-3-4-6-14-24-18-20-10-8-12-22(16-20)26-2;;/h7-12,15-16,23-24H,3-6,13-14,17-18H2,1-2H3;2*1H. The van der Waals surface area contributed by atoms with E-state index in [9.17, 15) is 0 Å². The molecule has 0 aliphatic rings. The molecule has 2 aromatic rings. The molecule has 0 bridgehead atoms. The molecule has 6 heteroatoms. The second-order valence-corrected chi connectivity index (χ2v) is 6.47. The summed E-state index contributed by atoms with van der Waals surface area (Å²) in [5.41, 5.74) is 2.54. The van der Waals surface area contributed by atoms with E-state index in [-0.39, 0.29) is 24.8 Å². The Bertz CT molecular complexity index is 586. The molecule has 0 atom stereocenters. The summed E-state index contributed by atoms with van der Waals surface area (Å²) in [7, 11) is 3.41. The van der Waals surface area contributed by atoms with Crippen LogP contribution in [0.2, 0.25) is 0 Å². The summed E-state index contributed by atoms with van der Waals surface area (Å²) < 4.78 is 10.5. The molecule has 0 saturated heterocycles. The largest absolute Gasteiger partial charge is 0.497 e. The molecule has 0 saturated carbocycles. The third-order valence-corrected chi connectivity index (χ3v) is 4.38. The van der Waals surface area contributed by atoms with E-state index in [1.807, 2.05) is 24.3 Å². The molecular formula is C22H34Cl2N2O2. The molecule has 0 aliphatic heterocycles. The van der Waals surface area contributed by atoms with Crippen LogP contribution in [0, 0.1) is 0 Å². The van der Waals surface area contributed by atoms with Gasteiger partial charge in [-0.3, -0.25) is 0 Å². The average Bonchev–Trinajstić information content (AvgIpc) is 2.69. The normalized spacial score (nSPS) is 9.93. The van der Waals surface area contributed by atoms with Crippen LogP contribution in [-0.4, -0.2) is 27.3 Å². The van der Waals surface area contributed by atoms with Crippen LogP contribution >= 0.6 is 24.8 Å². The summed E-state index contributed by atoms with van der Waals surface area (Å²) in [6, 6.07) is 16.5. The van der Waals surface area contributed by atoms with Crippen LogP contribution in [0.4, 0.5) is 0 Å². The van der Waals surface area contributed by atoms with Crippen LogP contribution in [0.15, 0.2) is 48.5 Å². The Morgan fingerprint density at radius 1 is 0.643 bits per heavy atom. The number of rotatable bonds is 13. The molecule has 0 aliphatic carbocycles. The molecule has 158 valence electrons. The number of benzene rings is 2. The van der Waals surface area contributed by atoms with Crippen molar-refractivity contribution in [2.45, 2.75) is 38.8 Å². The lowest BCUT2D eigenvalue weighted by molar-refractivity contribution is 0.414. The Labute approximate surface area is 182 Å². The Morgan fingerprint density at radius 2 is 1.07 bits per heavy atom. The van der Waals surface area contributed by atoms with Crippen molar-refractivity contribution in [3.63, 3.8) is 0 Å². The van der Waals surface area contributed by atoms with Gasteiger partial charge in [-0.2, -0.15) is 0 Å². The third kappa shape index (κ3) is 10.8. The fraction of sp³-hybridized carbons (Fsp3) is 0.455. The summed E-state index contributed by atoms with van der Waals surface area (Å²) in [6.45, 7) is 3.93. The summed E-state index contributed by atoms with van der Waals surface area (Å²) in [5.74, 6) is 1.84. The van der Waals surface area contributed by atoms with E-state index in [0.29, 0.717) is 0 Å². The number of ether oxygens (including phenoxy) is 2. The van der Waals surface area contributed by atoms with Gasteiger partial charge in [-0.1, -0.05) is 37.1 Å². The third-order valence-electron chi connectivity index (χ3n) is 4.38. The molecule has 0 fully saturated rings. The molecule has 0 amide bonds. The number of unbranched alkanes of at least 4 members (excludes halogenated alkanes) is 3. The fourth-order valence-corrected chi connectivity index (χ4v) is 2.88. The van der Waals surface area contributed by atoms with Gasteiger partial charge in [0, 0.05) is 13.1 Å². The molecule has 28 heavy (non-hydrogen) atoms. The van der Waals surface area contributed by atoms with Crippen LogP contribution in [0.1, 0.15) is 36.8 Å². The lowest BCUT2D eigenvalue weighted by atomic mass is 10.1. The second kappa shape index (κ2) is 16.5. The van der Waals surface area contributed by atoms with E-state index in [1.165, 1.54) is 36.8 Å². The van der Waals surface area contributed by atoms with Gasteiger partial charge < -0.3 is 20.1 Å². The minimum absolute atomic E-state index is 0. The first-order valence-corrected chi connectivity index (χ1v) is 9.49. The number of nitrogens with one attached hydrogen (secondary N) is 2. The summed E-state index contributed by atoms with van der Waals surface area (Å²) >= 11 is 0. The summed E-state index contributed by atoms with van der Waals surface area (Å²) in [6.07, 6.45) is 4.98. The maximum absolute atomic E-state index is 5.25. The molecule has 0 aromatic heterocycles. The van der Waals surface area contributed by atoms with Crippen LogP contribution < -0.4 is 20.1 Å². The molecule has 0 heterocycles. The molecule has 0 unspecified atom stereocenters. The van der Waals surface area contributed by atoms with E-state index in [1.54, 1.807) is 14.2 Å². The highest BCUT2D eigenvalue weighted by Crippen LogP contribution is 2.13. The van der Waals surface area contributed by atoms with Gasteiger partial charge in [-0.15, -0.1) is 24.8 Å². The van der Waals surface area contributed by atoms with Crippen molar-refractivity contribution in [1.29, 1.82) is 0 Å². The SMILES string of the molecule is COc1cccc(CNCCCCCCNCc2cccc(OC)c2)c1.Cl.Cl. The topological polar surface area (TPSA) is 42.5 Å². The van der Waals surface area contributed by atoms with Gasteiger partial charge in [-0.25, -0.2) is 0 Å². The predicted octanol–water partition coefficient (Wildman–Crippen LogP) is 4.99. The van der Waals surface area contributed by atoms with Gasteiger partial charge in [0.1, 0.15) is 11.5 Å². The molecule has 2 aromatic carbocycles. The highest BCUT2D eigenvalue weighted by atomic mass is 35.5. The number of hydrogen-bond donors (Lipinski definition) is 2. The van der Waals surface area contributed by atoms with Gasteiger partial charge in [0.2, 0.25) is 0 Å². The molecule has 0 spiro atoms. The first kappa shape index (κ1) is 26.5. The smallest absolute Gasteiger partial charge is 0.119 e. The second-order valence-electron chi connectivity index (χ2n) is 6.47. The number of halogens is 2. The van der Waals surface area contributed by atoms with Crippen LogP contribution in [0.25, 0.3) is 0 Å². The van der Waals surface area contributed by atoms with Crippen molar-refractivity contribution in [2.24, 2.45) is 0 Å². The maximum atomic E-state index is 5.25.